The van der Waals surface area contributed by atoms with E-state index < -0.39 is 28.7 Å². The van der Waals surface area contributed by atoms with Crippen molar-refractivity contribution in [2.75, 3.05) is 0 Å². The van der Waals surface area contributed by atoms with Crippen molar-refractivity contribution in [1.82, 2.24) is 4.57 Å². The standard InChI is InChI=1S/C16H12F3NO3/c1-20-8-4-7-13(20)15(22,16(17,18)19)14-9-11(21)10-5-2-3-6-12(10)23-14/h2-9,22H,1H3. The van der Waals surface area contributed by atoms with E-state index >= 15 is 0 Å². The summed E-state index contributed by atoms with van der Waals surface area (Å²) in [4.78, 5) is 12.1. The van der Waals surface area contributed by atoms with E-state index in [1.54, 1.807) is 6.07 Å². The Morgan fingerprint density at radius 2 is 1.83 bits per heavy atom. The molecule has 0 aliphatic rings. The quantitative estimate of drug-likeness (QED) is 0.789. The average Bonchev–Trinajstić information content (AvgIpc) is 2.91. The van der Waals surface area contributed by atoms with Gasteiger partial charge in [0.05, 0.1) is 11.1 Å². The Morgan fingerprint density at radius 3 is 2.43 bits per heavy atom. The summed E-state index contributed by atoms with van der Waals surface area (Å²) in [5.41, 5.74) is -4.54. The van der Waals surface area contributed by atoms with Crippen molar-refractivity contribution in [3.8, 4) is 0 Å². The molecule has 0 fully saturated rings. The Morgan fingerprint density at radius 1 is 1.13 bits per heavy atom. The lowest BCUT2D eigenvalue weighted by Gasteiger charge is -2.30. The van der Waals surface area contributed by atoms with Gasteiger partial charge < -0.3 is 14.1 Å². The molecule has 2 heterocycles. The summed E-state index contributed by atoms with van der Waals surface area (Å²) in [5, 5.41) is 10.6. The zero-order chi connectivity index (χ0) is 16.8. The van der Waals surface area contributed by atoms with Gasteiger partial charge in [-0.05, 0) is 24.3 Å². The first-order valence-corrected chi connectivity index (χ1v) is 6.69. The minimum Gasteiger partial charge on any atom is -0.457 e. The molecule has 1 aromatic carbocycles. The highest BCUT2D eigenvalue weighted by Gasteiger charge is 2.60. The third kappa shape index (κ3) is 2.24. The Kier molecular flexibility index (Phi) is 3.33. The van der Waals surface area contributed by atoms with Crippen molar-refractivity contribution < 1.29 is 22.7 Å². The lowest BCUT2D eigenvalue weighted by Crippen LogP contribution is -2.45. The maximum absolute atomic E-state index is 13.6. The van der Waals surface area contributed by atoms with Crippen LogP contribution < -0.4 is 5.43 Å². The SMILES string of the molecule is Cn1cccc1C(O)(c1cc(=O)c2ccccc2o1)C(F)(F)F. The van der Waals surface area contributed by atoms with Crippen LogP contribution in [0.3, 0.4) is 0 Å². The lowest BCUT2D eigenvalue weighted by atomic mass is 9.94. The van der Waals surface area contributed by atoms with Crippen molar-refractivity contribution >= 4 is 11.0 Å². The molecular weight excluding hydrogens is 311 g/mol. The van der Waals surface area contributed by atoms with E-state index in [4.69, 9.17) is 4.42 Å². The van der Waals surface area contributed by atoms with Crippen LogP contribution in [0.2, 0.25) is 0 Å². The maximum atomic E-state index is 13.6. The van der Waals surface area contributed by atoms with Crippen LogP contribution in [0, 0.1) is 0 Å². The van der Waals surface area contributed by atoms with Gasteiger partial charge in [-0.3, -0.25) is 4.79 Å². The highest BCUT2D eigenvalue weighted by Crippen LogP contribution is 2.44. The van der Waals surface area contributed by atoms with Crippen LogP contribution >= 0.6 is 0 Å². The third-order valence-electron chi connectivity index (χ3n) is 3.72. The fourth-order valence-electron chi connectivity index (χ4n) is 2.53. The van der Waals surface area contributed by atoms with Gasteiger partial charge >= 0.3 is 6.18 Å². The van der Waals surface area contributed by atoms with Crippen LogP contribution in [0.15, 0.2) is 57.9 Å². The van der Waals surface area contributed by atoms with Crippen LogP contribution in [0.25, 0.3) is 11.0 Å². The molecule has 0 amide bonds. The maximum Gasteiger partial charge on any atom is 0.430 e. The Bertz CT molecular complexity index is 926. The predicted molar refractivity (Wildman–Crippen MR) is 77.0 cm³/mol. The second-order valence-corrected chi connectivity index (χ2v) is 5.18. The van der Waals surface area contributed by atoms with E-state index in [9.17, 15) is 23.1 Å². The monoisotopic (exact) mass is 323 g/mol. The zero-order valence-corrected chi connectivity index (χ0v) is 12.0. The summed E-state index contributed by atoms with van der Waals surface area (Å²) < 4.78 is 47.3. The molecule has 7 heteroatoms. The summed E-state index contributed by atoms with van der Waals surface area (Å²) in [6, 6.07) is 9.11. The van der Waals surface area contributed by atoms with Crippen molar-refractivity contribution in [3.05, 3.63) is 70.3 Å². The number of hydrogen-bond donors (Lipinski definition) is 1. The first-order valence-electron chi connectivity index (χ1n) is 6.69. The van der Waals surface area contributed by atoms with E-state index in [1.165, 1.54) is 37.5 Å². The third-order valence-corrected chi connectivity index (χ3v) is 3.72. The molecule has 3 aromatic rings. The Balaban J connectivity index is 2.35. The molecule has 1 atom stereocenters. The summed E-state index contributed by atoms with van der Waals surface area (Å²) in [6.45, 7) is 0. The largest absolute Gasteiger partial charge is 0.457 e. The van der Waals surface area contributed by atoms with E-state index in [1.807, 2.05) is 0 Å². The Hall–Kier alpha value is -2.54. The van der Waals surface area contributed by atoms with Gasteiger partial charge in [-0.15, -0.1) is 0 Å². The smallest absolute Gasteiger partial charge is 0.430 e. The molecule has 1 unspecified atom stereocenters. The Labute approximate surface area is 128 Å². The van der Waals surface area contributed by atoms with Gasteiger partial charge in [0.2, 0.25) is 0 Å². The number of aryl methyl sites for hydroxylation is 1. The number of benzene rings is 1. The average molecular weight is 323 g/mol. The van der Waals surface area contributed by atoms with Crippen LogP contribution in [0.4, 0.5) is 13.2 Å². The number of hydrogen-bond acceptors (Lipinski definition) is 3. The summed E-state index contributed by atoms with van der Waals surface area (Å²) in [7, 11) is 1.37. The number of para-hydroxylation sites is 1. The molecule has 0 radical (unpaired) electrons. The number of rotatable bonds is 2. The summed E-state index contributed by atoms with van der Waals surface area (Å²) >= 11 is 0. The van der Waals surface area contributed by atoms with Crippen molar-refractivity contribution in [3.63, 3.8) is 0 Å². The summed E-state index contributed by atoms with van der Waals surface area (Å²) in [6.07, 6.45) is -3.71. The van der Waals surface area contributed by atoms with Crippen LogP contribution in [0.1, 0.15) is 11.5 Å². The van der Waals surface area contributed by atoms with Gasteiger partial charge in [-0.1, -0.05) is 12.1 Å². The number of nitrogens with zero attached hydrogens (tertiary/aromatic N) is 1. The second-order valence-electron chi connectivity index (χ2n) is 5.18. The van der Waals surface area contributed by atoms with Gasteiger partial charge in [-0.25, -0.2) is 0 Å². The molecule has 0 aliphatic heterocycles. The van der Waals surface area contributed by atoms with Crippen molar-refractivity contribution in [2.45, 2.75) is 11.8 Å². The molecule has 2 aromatic heterocycles. The zero-order valence-electron chi connectivity index (χ0n) is 12.0. The van der Waals surface area contributed by atoms with Crippen molar-refractivity contribution in [1.29, 1.82) is 0 Å². The normalized spacial score (nSPS) is 14.8. The van der Waals surface area contributed by atoms with Gasteiger partial charge in [0.1, 0.15) is 5.58 Å². The van der Waals surface area contributed by atoms with E-state index in [2.05, 4.69) is 0 Å². The van der Waals surface area contributed by atoms with Crippen LogP contribution in [-0.2, 0) is 12.6 Å². The molecular formula is C16H12F3NO3. The lowest BCUT2D eigenvalue weighted by molar-refractivity contribution is -0.256. The van der Waals surface area contributed by atoms with E-state index in [0.29, 0.717) is 6.07 Å². The molecule has 3 rings (SSSR count). The molecule has 0 aliphatic carbocycles. The van der Waals surface area contributed by atoms with Gasteiger partial charge in [-0.2, -0.15) is 13.2 Å². The molecule has 0 bridgehead atoms. The molecule has 120 valence electrons. The van der Waals surface area contributed by atoms with Crippen LogP contribution in [0.5, 0.6) is 0 Å². The summed E-state index contributed by atoms with van der Waals surface area (Å²) in [5.74, 6) is -0.865. The first-order chi connectivity index (χ1) is 10.7. The molecule has 1 N–H and O–H groups in total. The first kappa shape index (κ1) is 15.4. The fourth-order valence-corrected chi connectivity index (χ4v) is 2.53. The molecule has 0 saturated heterocycles. The predicted octanol–water partition coefficient (Wildman–Crippen LogP) is 2.93. The molecule has 0 saturated carbocycles. The highest BCUT2D eigenvalue weighted by atomic mass is 19.4. The van der Waals surface area contributed by atoms with Gasteiger partial charge in [0.25, 0.3) is 5.60 Å². The highest BCUT2D eigenvalue weighted by molar-refractivity contribution is 5.76. The minimum absolute atomic E-state index is 0.0214. The molecule has 0 spiro atoms. The number of aliphatic hydroxyl groups is 1. The topological polar surface area (TPSA) is 55.4 Å². The minimum atomic E-state index is -5.07. The van der Waals surface area contributed by atoms with Gasteiger partial charge in [0, 0.05) is 19.3 Å². The van der Waals surface area contributed by atoms with Gasteiger partial charge in [0.15, 0.2) is 11.2 Å². The van der Waals surface area contributed by atoms with E-state index in [-0.39, 0.29) is 11.0 Å². The number of fused-ring (bicyclic) bond motifs is 1. The fraction of sp³-hybridized carbons (Fsp3) is 0.188. The van der Waals surface area contributed by atoms with Crippen molar-refractivity contribution in [2.24, 2.45) is 7.05 Å². The van der Waals surface area contributed by atoms with Crippen LogP contribution in [-0.4, -0.2) is 15.8 Å². The molecule has 4 nitrogen and oxygen atoms in total. The molecule has 23 heavy (non-hydrogen) atoms. The number of aromatic nitrogens is 1. The second kappa shape index (κ2) is 4.99. The number of alkyl halides is 3. The van der Waals surface area contributed by atoms with E-state index in [0.717, 1.165) is 10.6 Å². The number of halogens is 3.